The maximum absolute atomic E-state index is 10.5. The number of carbonyl (C=O) groups is 1. The summed E-state index contributed by atoms with van der Waals surface area (Å²) in [4.78, 5) is 17.5. The minimum Gasteiger partial charge on any atom is -0.478 e. The van der Waals surface area contributed by atoms with Crippen molar-refractivity contribution in [1.82, 2.24) is 9.97 Å². The number of aliphatic carboxylic acids is 1. The zero-order valence-corrected chi connectivity index (χ0v) is 8.84. The molecule has 2 N–H and O–H groups in total. The number of H-pyrrole nitrogens is 1. The summed E-state index contributed by atoms with van der Waals surface area (Å²) in [6, 6.07) is 5.66. The van der Waals surface area contributed by atoms with Gasteiger partial charge in [-0.25, -0.2) is 9.78 Å². The summed E-state index contributed by atoms with van der Waals surface area (Å²) in [6.45, 7) is 0. The number of aromatic amines is 1. The monoisotopic (exact) mass is 227 g/mol. The van der Waals surface area contributed by atoms with Crippen LogP contribution in [-0.4, -0.2) is 21.0 Å². The van der Waals surface area contributed by atoms with Crippen molar-refractivity contribution in [2.75, 3.05) is 0 Å². The van der Waals surface area contributed by atoms with E-state index in [0.717, 1.165) is 17.2 Å². The average molecular weight is 227 g/mol. The highest BCUT2D eigenvalue weighted by Crippen LogP contribution is 2.19. The van der Waals surface area contributed by atoms with Crippen LogP contribution in [0.2, 0.25) is 0 Å². The van der Waals surface area contributed by atoms with Gasteiger partial charge in [0.2, 0.25) is 0 Å². The third kappa shape index (κ3) is 2.32. The summed E-state index contributed by atoms with van der Waals surface area (Å²) in [5, 5.41) is 17.3. The van der Waals surface area contributed by atoms with Crippen LogP contribution in [0.25, 0.3) is 17.1 Å². The zero-order chi connectivity index (χ0) is 12.3. The fourth-order valence-corrected chi connectivity index (χ4v) is 1.62. The van der Waals surface area contributed by atoms with Gasteiger partial charge in [-0.3, -0.25) is 0 Å². The summed E-state index contributed by atoms with van der Waals surface area (Å²) in [5.41, 5.74) is 3.01. The lowest BCUT2D eigenvalue weighted by atomic mass is 10.1. The molecule has 0 unspecified atom stereocenters. The Morgan fingerprint density at radius 2 is 2.41 bits per heavy atom. The molecule has 0 aliphatic rings. The Kier molecular flexibility index (Phi) is 2.88. The van der Waals surface area contributed by atoms with Crippen LogP contribution in [0.4, 0.5) is 0 Å². The number of carboxylic acids is 1. The lowest BCUT2D eigenvalue weighted by Crippen LogP contribution is -1.89. The topological polar surface area (TPSA) is 89.8 Å². The number of fused-ring (bicyclic) bond motifs is 1. The first-order valence-electron chi connectivity index (χ1n) is 4.94. The van der Waals surface area contributed by atoms with Gasteiger partial charge < -0.3 is 10.1 Å². The maximum atomic E-state index is 10.5. The van der Waals surface area contributed by atoms with E-state index in [1.54, 1.807) is 12.4 Å². The third-order valence-corrected chi connectivity index (χ3v) is 2.30. The molecule has 2 aromatic rings. The summed E-state index contributed by atoms with van der Waals surface area (Å²) in [7, 11) is 0. The van der Waals surface area contributed by atoms with Gasteiger partial charge in [0.1, 0.15) is 0 Å². The van der Waals surface area contributed by atoms with Crippen molar-refractivity contribution in [3.63, 3.8) is 0 Å². The van der Waals surface area contributed by atoms with Crippen LogP contribution in [0.15, 0.2) is 24.5 Å². The Balaban J connectivity index is 2.55. The van der Waals surface area contributed by atoms with Crippen molar-refractivity contribution in [3.05, 3.63) is 35.7 Å². The molecule has 2 rings (SSSR count). The van der Waals surface area contributed by atoms with E-state index in [1.807, 2.05) is 6.07 Å². The molecule has 0 spiro atoms. The lowest BCUT2D eigenvalue weighted by Gasteiger charge is -1.99. The van der Waals surface area contributed by atoms with E-state index < -0.39 is 5.97 Å². The van der Waals surface area contributed by atoms with Crippen molar-refractivity contribution < 1.29 is 9.90 Å². The predicted octanol–water partition coefficient (Wildman–Crippen LogP) is 1.73. The molecule has 0 amide bonds. The minimum absolute atomic E-state index is 0.281. The molecule has 84 valence electrons. The van der Waals surface area contributed by atoms with Crippen LogP contribution >= 0.6 is 0 Å². The van der Waals surface area contributed by atoms with Crippen LogP contribution in [0, 0.1) is 11.3 Å². The molecule has 0 saturated carbocycles. The van der Waals surface area contributed by atoms with Gasteiger partial charge in [-0.1, -0.05) is 0 Å². The van der Waals surface area contributed by atoms with E-state index in [0.29, 0.717) is 11.1 Å². The quantitative estimate of drug-likeness (QED) is 0.781. The van der Waals surface area contributed by atoms with Gasteiger partial charge in [0, 0.05) is 11.6 Å². The summed E-state index contributed by atoms with van der Waals surface area (Å²) in [5.74, 6) is -1.01. The SMILES string of the molecule is N#CCc1cc(C=CC(=O)O)c2nc[nH]c2c1. The van der Waals surface area contributed by atoms with Gasteiger partial charge in [0.15, 0.2) is 0 Å². The Labute approximate surface area is 97.0 Å². The van der Waals surface area contributed by atoms with E-state index in [-0.39, 0.29) is 6.42 Å². The van der Waals surface area contributed by atoms with Crippen LogP contribution in [-0.2, 0) is 11.2 Å². The van der Waals surface area contributed by atoms with Crippen molar-refractivity contribution >= 4 is 23.1 Å². The number of rotatable bonds is 3. The Morgan fingerprint density at radius 1 is 1.59 bits per heavy atom. The summed E-state index contributed by atoms with van der Waals surface area (Å²) in [6.07, 6.45) is 4.35. The van der Waals surface area contributed by atoms with Crippen molar-refractivity contribution in [1.29, 1.82) is 5.26 Å². The number of hydrogen-bond acceptors (Lipinski definition) is 3. The molecule has 1 aromatic carbocycles. The van der Waals surface area contributed by atoms with Gasteiger partial charge in [0.05, 0.1) is 29.9 Å². The first kappa shape index (κ1) is 10.9. The predicted molar refractivity (Wildman–Crippen MR) is 62.1 cm³/mol. The normalized spacial score (nSPS) is 10.8. The molecule has 0 atom stereocenters. The molecule has 0 bridgehead atoms. The highest BCUT2D eigenvalue weighted by atomic mass is 16.4. The molecule has 0 aliphatic heterocycles. The van der Waals surface area contributed by atoms with Crippen molar-refractivity contribution in [2.24, 2.45) is 0 Å². The van der Waals surface area contributed by atoms with Gasteiger partial charge >= 0.3 is 5.97 Å². The molecule has 5 heteroatoms. The Morgan fingerprint density at radius 3 is 3.12 bits per heavy atom. The maximum Gasteiger partial charge on any atom is 0.328 e. The van der Waals surface area contributed by atoms with E-state index in [4.69, 9.17) is 10.4 Å². The van der Waals surface area contributed by atoms with Crippen LogP contribution in [0.5, 0.6) is 0 Å². The van der Waals surface area contributed by atoms with Crippen LogP contribution in [0.1, 0.15) is 11.1 Å². The number of carboxylic acid groups (broad SMARTS) is 1. The number of nitrogens with one attached hydrogen (secondary N) is 1. The molecular formula is C12H9N3O2. The Bertz CT molecular complexity index is 635. The van der Waals surface area contributed by atoms with Crippen LogP contribution in [0.3, 0.4) is 0 Å². The van der Waals surface area contributed by atoms with Gasteiger partial charge in [-0.15, -0.1) is 0 Å². The molecule has 1 heterocycles. The molecule has 0 saturated heterocycles. The highest BCUT2D eigenvalue weighted by Gasteiger charge is 2.04. The summed E-state index contributed by atoms with van der Waals surface area (Å²) < 4.78 is 0. The fraction of sp³-hybridized carbons (Fsp3) is 0.0833. The van der Waals surface area contributed by atoms with E-state index >= 15 is 0 Å². The lowest BCUT2D eigenvalue weighted by molar-refractivity contribution is -0.131. The average Bonchev–Trinajstić information content (AvgIpc) is 2.74. The second-order valence-electron chi connectivity index (χ2n) is 3.49. The van der Waals surface area contributed by atoms with Gasteiger partial charge in [-0.2, -0.15) is 5.26 Å². The number of aromatic nitrogens is 2. The van der Waals surface area contributed by atoms with Crippen molar-refractivity contribution in [3.8, 4) is 6.07 Å². The van der Waals surface area contributed by atoms with E-state index in [2.05, 4.69) is 16.0 Å². The molecule has 0 aliphatic carbocycles. The molecular weight excluding hydrogens is 218 g/mol. The number of nitrogens with zero attached hydrogens (tertiary/aromatic N) is 2. The Hall–Kier alpha value is -2.61. The number of nitriles is 1. The fourth-order valence-electron chi connectivity index (χ4n) is 1.62. The standard InChI is InChI=1S/C12H9N3O2/c13-4-3-8-5-9(1-2-11(16)17)12-10(6-8)14-7-15-12/h1-2,5-7H,3H2,(H,14,15)(H,16,17). The van der Waals surface area contributed by atoms with E-state index in [1.165, 1.54) is 6.08 Å². The molecule has 17 heavy (non-hydrogen) atoms. The number of hydrogen-bond donors (Lipinski definition) is 2. The zero-order valence-electron chi connectivity index (χ0n) is 8.84. The second-order valence-corrected chi connectivity index (χ2v) is 3.49. The van der Waals surface area contributed by atoms with Crippen molar-refractivity contribution in [2.45, 2.75) is 6.42 Å². The molecule has 0 fully saturated rings. The van der Waals surface area contributed by atoms with E-state index in [9.17, 15) is 4.79 Å². The molecule has 1 aromatic heterocycles. The minimum atomic E-state index is -1.01. The first-order chi connectivity index (χ1) is 8.20. The smallest absolute Gasteiger partial charge is 0.328 e. The van der Waals surface area contributed by atoms with Gasteiger partial charge in [-0.05, 0) is 23.8 Å². The van der Waals surface area contributed by atoms with Gasteiger partial charge in [0.25, 0.3) is 0 Å². The van der Waals surface area contributed by atoms with Crippen LogP contribution < -0.4 is 0 Å². The number of benzene rings is 1. The molecule has 5 nitrogen and oxygen atoms in total. The highest BCUT2D eigenvalue weighted by molar-refractivity contribution is 5.91. The molecule has 0 radical (unpaired) electrons. The largest absolute Gasteiger partial charge is 0.478 e. The first-order valence-corrected chi connectivity index (χ1v) is 4.94. The third-order valence-electron chi connectivity index (χ3n) is 2.30. The second kappa shape index (κ2) is 4.49. The number of imidazole rings is 1. The summed E-state index contributed by atoms with van der Waals surface area (Å²) >= 11 is 0.